The Bertz CT molecular complexity index is 789. The number of aromatic carboxylic acids is 1. The van der Waals surface area contributed by atoms with Crippen molar-refractivity contribution in [3.63, 3.8) is 0 Å². The lowest BCUT2D eigenvalue weighted by atomic mass is 10.1. The van der Waals surface area contributed by atoms with Gasteiger partial charge in [-0.05, 0) is 24.6 Å². The minimum absolute atomic E-state index is 0.122. The van der Waals surface area contributed by atoms with Crippen LogP contribution < -0.4 is 4.72 Å². The van der Waals surface area contributed by atoms with Crippen LogP contribution in [0.1, 0.15) is 27.3 Å². The second-order valence-electron chi connectivity index (χ2n) is 5.06. The molecular weight excluding hydrogens is 318 g/mol. The van der Waals surface area contributed by atoms with Gasteiger partial charge in [-0.3, -0.25) is 9.97 Å². The summed E-state index contributed by atoms with van der Waals surface area (Å²) in [4.78, 5) is 19.0. The Morgan fingerprint density at radius 1 is 1.22 bits per heavy atom. The number of rotatable bonds is 7. The summed E-state index contributed by atoms with van der Waals surface area (Å²) in [6.07, 6.45) is 3.69. The van der Waals surface area contributed by atoms with Crippen molar-refractivity contribution in [1.29, 1.82) is 0 Å². The van der Waals surface area contributed by atoms with Gasteiger partial charge in [0, 0.05) is 25.4 Å². The lowest BCUT2D eigenvalue weighted by Crippen LogP contribution is -2.27. The predicted molar refractivity (Wildman–Crippen MR) is 84.5 cm³/mol. The van der Waals surface area contributed by atoms with Crippen molar-refractivity contribution in [3.05, 3.63) is 59.2 Å². The number of sulfonamides is 1. The highest BCUT2D eigenvalue weighted by atomic mass is 32.2. The Labute approximate surface area is 134 Å². The molecule has 0 amide bonds. The molecule has 7 nitrogen and oxygen atoms in total. The highest BCUT2D eigenvalue weighted by Crippen LogP contribution is 2.08. The van der Waals surface area contributed by atoms with Gasteiger partial charge in [-0.1, -0.05) is 12.1 Å². The zero-order chi connectivity index (χ0) is 16.9. The molecule has 0 saturated heterocycles. The number of carbonyl (C=O) groups is 1. The number of carboxylic acids is 1. The van der Waals surface area contributed by atoms with Gasteiger partial charge in [-0.2, -0.15) is 0 Å². The Balaban J connectivity index is 1.90. The highest BCUT2D eigenvalue weighted by Gasteiger charge is 2.12. The Morgan fingerprint density at radius 2 is 1.91 bits per heavy atom. The number of benzene rings is 1. The van der Waals surface area contributed by atoms with Gasteiger partial charge in [0.05, 0.1) is 22.7 Å². The van der Waals surface area contributed by atoms with E-state index in [1.54, 1.807) is 12.4 Å². The maximum Gasteiger partial charge on any atom is 0.335 e. The molecule has 8 heteroatoms. The van der Waals surface area contributed by atoms with Crippen LogP contribution in [-0.2, 0) is 22.2 Å². The van der Waals surface area contributed by atoms with Crippen molar-refractivity contribution in [2.45, 2.75) is 19.1 Å². The molecule has 2 rings (SSSR count). The van der Waals surface area contributed by atoms with E-state index in [9.17, 15) is 13.2 Å². The van der Waals surface area contributed by atoms with E-state index in [4.69, 9.17) is 5.11 Å². The summed E-state index contributed by atoms with van der Waals surface area (Å²) in [6, 6.07) is 5.76. The first-order valence-corrected chi connectivity index (χ1v) is 8.58. The van der Waals surface area contributed by atoms with Crippen molar-refractivity contribution in [1.82, 2.24) is 14.7 Å². The Kier molecular flexibility index (Phi) is 5.41. The van der Waals surface area contributed by atoms with Gasteiger partial charge in [0.1, 0.15) is 0 Å². The maximum atomic E-state index is 12.0. The lowest BCUT2D eigenvalue weighted by Gasteiger charge is -2.07. The third-order valence-electron chi connectivity index (χ3n) is 3.07. The smallest absolute Gasteiger partial charge is 0.335 e. The van der Waals surface area contributed by atoms with Crippen molar-refractivity contribution in [2.75, 3.05) is 6.54 Å². The first-order valence-electron chi connectivity index (χ1n) is 6.93. The summed E-state index contributed by atoms with van der Waals surface area (Å²) in [5.41, 5.74) is 2.15. The van der Waals surface area contributed by atoms with Crippen LogP contribution in [0.3, 0.4) is 0 Å². The third-order valence-corrected chi connectivity index (χ3v) is 4.42. The van der Waals surface area contributed by atoms with E-state index < -0.39 is 16.0 Å². The van der Waals surface area contributed by atoms with Crippen molar-refractivity contribution >= 4 is 16.0 Å². The number of carboxylic acid groups (broad SMARTS) is 1. The van der Waals surface area contributed by atoms with Crippen LogP contribution in [0, 0.1) is 6.92 Å². The topological polar surface area (TPSA) is 109 Å². The molecule has 2 N–H and O–H groups in total. The Hall–Kier alpha value is -2.32. The number of nitrogens with zero attached hydrogens (tertiary/aromatic N) is 2. The average Bonchev–Trinajstić information content (AvgIpc) is 2.47. The average molecular weight is 335 g/mol. The standard InChI is InChI=1S/C15H17N3O4S/c1-11-8-16-9-14(18-11)6-7-17-23(21,22)10-12-2-4-13(5-3-12)15(19)20/h2-5,8-9,17H,6-7,10H2,1H3,(H,19,20). The molecule has 0 radical (unpaired) electrons. The fraction of sp³-hybridized carbons (Fsp3) is 0.267. The molecule has 0 unspecified atom stereocenters. The molecule has 0 bridgehead atoms. The fourth-order valence-corrected chi connectivity index (χ4v) is 3.13. The minimum atomic E-state index is -3.49. The Morgan fingerprint density at radius 3 is 2.52 bits per heavy atom. The molecular formula is C15H17N3O4S. The summed E-state index contributed by atoms with van der Waals surface area (Å²) in [5.74, 6) is -1.25. The number of aromatic nitrogens is 2. The maximum absolute atomic E-state index is 12.0. The largest absolute Gasteiger partial charge is 0.478 e. The number of hydrogen-bond acceptors (Lipinski definition) is 5. The molecule has 122 valence electrons. The van der Waals surface area contributed by atoms with Gasteiger partial charge in [0.2, 0.25) is 10.0 Å². The zero-order valence-corrected chi connectivity index (χ0v) is 13.4. The van der Waals surface area contributed by atoms with Gasteiger partial charge in [-0.15, -0.1) is 0 Å². The van der Waals surface area contributed by atoms with Gasteiger partial charge in [0.15, 0.2) is 0 Å². The SMILES string of the molecule is Cc1cncc(CCNS(=O)(=O)Cc2ccc(C(=O)O)cc2)n1. The molecule has 1 aromatic carbocycles. The van der Waals surface area contributed by atoms with E-state index in [0.717, 1.165) is 11.4 Å². The molecule has 1 aromatic heterocycles. The summed E-state index contributed by atoms with van der Waals surface area (Å²) in [6.45, 7) is 2.05. The third kappa shape index (κ3) is 5.42. The van der Waals surface area contributed by atoms with Crippen LogP contribution in [0.2, 0.25) is 0 Å². The summed E-state index contributed by atoms with van der Waals surface area (Å²) in [5, 5.41) is 8.81. The molecule has 0 aliphatic heterocycles. The van der Waals surface area contributed by atoms with Crippen LogP contribution >= 0.6 is 0 Å². The molecule has 23 heavy (non-hydrogen) atoms. The van der Waals surface area contributed by atoms with Crippen molar-refractivity contribution in [3.8, 4) is 0 Å². The summed E-state index contributed by atoms with van der Waals surface area (Å²) < 4.78 is 26.5. The first kappa shape index (κ1) is 17.0. The molecule has 0 fully saturated rings. The predicted octanol–water partition coefficient (Wildman–Crippen LogP) is 1.15. The minimum Gasteiger partial charge on any atom is -0.478 e. The van der Waals surface area contributed by atoms with Crippen LogP contribution in [-0.4, -0.2) is 36.0 Å². The summed E-state index contributed by atoms with van der Waals surface area (Å²) >= 11 is 0. The van der Waals surface area contributed by atoms with Gasteiger partial charge >= 0.3 is 5.97 Å². The van der Waals surface area contributed by atoms with E-state index in [-0.39, 0.29) is 17.9 Å². The molecule has 2 aromatic rings. The highest BCUT2D eigenvalue weighted by molar-refractivity contribution is 7.88. The second-order valence-corrected chi connectivity index (χ2v) is 6.86. The van der Waals surface area contributed by atoms with Gasteiger partial charge < -0.3 is 5.11 Å². The molecule has 0 aliphatic rings. The zero-order valence-electron chi connectivity index (χ0n) is 12.6. The quantitative estimate of drug-likeness (QED) is 0.785. The van der Waals surface area contributed by atoms with Crippen LogP contribution in [0.4, 0.5) is 0 Å². The van der Waals surface area contributed by atoms with Crippen LogP contribution in [0.15, 0.2) is 36.7 Å². The van der Waals surface area contributed by atoms with Crippen molar-refractivity contribution < 1.29 is 18.3 Å². The van der Waals surface area contributed by atoms with E-state index in [0.29, 0.717) is 12.0 Å². The van der Waals surface area contributed by atoms with E-state index in [2.05, 4.69) is 14.7 Å². The molecule has 0 saturated carbocycles. The van der Waals surface area contributed by atoms with Crippen LogP contribution in [0.5, 0.6) is 0 Å². The summed E-state index contributed by atoms with van der Waals surface area (Å²) in [7, 11) is -3.49. The van der Waals surface area contributed by atoms with Gasteiger partial charge in [0.25, 0.3) is 0 Å². The number of aryl methyl sites for hydroxylation is 1. The van der Waals surface area contributed by atoms with Gasteiger partial charge in [-0.25, -0.2) is 17.9 Å². The van der Waals surface area contributed by atoms with E-state index in [1.165, 1.54) is 24.3 Å². The van der Waals surface area contributed by atoms with Crippen molar-refractivity contribution in [2.24, 2.45) is 0 Å². The normalized spacial score (nSPS) is 11.3. The fourth-order valence-electron chi connectivity index (χ4n) is 1.98. The number of hydrogen-bond donors (Lipinski definition) is 2. The second kappa shape index (κ2) is 7.30. The molecule has 0 atom stereocenters. The number of nitrogens with one attached hydrogen (secondary N) is 1. The van der Waals surface area contributed by atoms with E-state index in [1.807, 2.05) is 6.92 Å². The molecule has 1 heterocycles. The first-order chi connectivity index (χ1) is 10.9. The molecule has 0 aliphatic carbocycles. The molecule has 0 spiro atoms. The lowest BCUT2D eigenvalue weighted by molar-refractivity contribution is 0.0697. The van der Waals surface area contributed by atoms with E-state index >= 15 is 0 Å². The monoisotopic (exact) mass is 335 g/mol. The van der Waals surface area contributed by atoms with Crippen LogP contribution in [0.25, 0.3) is 0 Å².